The molecule has 1 aromatic heterocycles. The van der Waals surface area contributed by atoms with Crippen molar-refractivity contribution in [3.63, 3.8) is 0 Å². The van der Waals surface area contributed by atoms with Gasteiger partial charge in [0.05, 0.1) is 5.75 Å². The first-order valence-electron chi connectivity index (χ1n) is 6.55. The highest BCUT2D eigenvalue weighted by Crippen LogP contribution is 2.28. The fraction of sp³-hybridized carbons (Fsp3) is 0.400. The standard InChI is InChI=1S/C15H18O3S/c1-2-3-6-9-19-10-13-14(15(16)17)11-7-4-5-8-12(11)18-13/h4-5,7-8H,2-3,6,9-10H2,1H3,(H,16,17). The van der Waals surface area contributed by atoms with Gasteiger partial charge in [-0.1, -0.05) is 38.0 Å². The maximum atomic E-state index is 11.4. The van der Waals surface area contributed by atoms with Gasteiger partial charge in [0.25, 0.3) is 0 Å². The number of carbonyl (C=O) groups is 1. The van der Waals surface area contributed by atoms with Gasteiger partial charge in [0.15, 0.2) is 0 Å². The molecule has 0 saturated carbocycles. The molecule has 0 bridgehead atoms. The van der Waals surface area contributed by atoms with Crippen LogP contribution < -0.4 is 0 Å². The number of carboxylic acid groups (broad SMARTS) is 1. The van der Waals surface area contributed by atoms with Crippen molar-refractivity contribution in [3.8, 4) is 0 Å². The third-order valence-corrected chi connectivity index (χ3v) is 4.05. The van der Waals surface area contributed by atoms with Gasteiger partial charge in [-0.3, -0.25) is 0 Å². The number of furan rings is 1. The zero-order valence-corrected chi connectivity index (χ0v) is 11.8. The summed E-state index contributed by atoms with van der Waals surface area (Å²) in [5, 5.41) is 10.0. The first-order chi connectivity index (χ1) is 9.24. The molecule has 0 fully saturated rings. The minimum atomic E-state index is -0.908. The number of hydrogen-bond donors (Lipinski definition) is 1. The van der Waals surface area contributed by atoms with Crippen LogP contribution in [0.5, 0.6) is 0 Å². The summed E-state index contributed by atoms with van der Waals surface area (Å²) in [5.41, 5.74) is 0.975. The number of unbranched alkanes of at least 4 members (excludes halogenated alkanes) is 2. The van der Waals surface area contributed by atoms with Crippen LogP contribution >= 0.6 is 11.8 Å². The van der Waals surface area contributed by atoms with Crippen LogP contribution in [0.3, 0.4) is 0 Å². The summed E-state index contributed by atoms with van der Waals surface area (Å²) >= 11 is 1.74. The fourth-order valence-corrected chi connectivity index (χ4v) is 2.99. The van der Waals surface area contributed by atoms with Crippen molar-refractivity contribution in [2.75, 3.05) is 5.75 Å². The van der Waals surface area contributed by atoms with E-state index in [2.05, 4.69) is 6.92 Å². The van der Waals surface area contributed by atoms with E-state index in [0.717, 1.165) is 5.75 Å². The van der Waals surface area contributed by atoms with Gasteiger partial charge < -0.3 is 9.52 Å². The average molecular weight is 278 g/mol. The van der Waals surface area contributed by atoms with Crippen LogP contribution in [0.1, 0.15) is 42.3 Å². The molecule has 0 amide bonds. The normalized spacial score (nSPS) is 11.0. The largest absolute Gasteiger partial charge is 0.478 e. The molecule has 0 atom stereocenters. The number of para-hydroxylation sites is 1. The van der Waals surface area contributed by atoms with E-state index in [1.54, 1.807) is 17.8 Å². The fourth-order valence-electron chi connectivity index (χ4n) is 2.05. The SMILES string of the molecule is CCCCCSCc1oc2ccccc2c1C(=O)O. The molecule has 2 rings (SSSR count). The molecule has 0 radical (unpaired) electrons. The Balaban J connectivity index is 2.13. The van der Waals surface area contributed by atoms with E-state index in [4.69, 9.17) is 4.42 Å². The lowest BCUT2D eigenvalue weighted by atomic mass is 10.1. The summed E-state index contributed by atoms with van der Waals surface area (Å²) in [7, 11) is 0. The molecule has 19 heavy (non-hydrogen) atoms. The van der Waals surface area contributed by atoms with Crippen molar-refractivity contribution < 1.29 is 14.3 Å². The predicted octanol–water partition coefficient (Wildman–Crippen LogP) is 4.55. The van der Waals surface area contributed by atoms with E-state index in [1.807, 2.05) is 18.2 Å². The zero-order chi connectivity index (χ0) is 13.7. The molecular formula is C15H18O3S. The zero-order valence-electron chi connectivity index (χ0n) is 11.0. The van der Waals surface area contributed by atoms with E-state index >= 15 is 0 Å². The molecule has 0 aliphatic heterocycles. The summed E-state index contributed by atoms with van der Waals surface area (Å²) in [6, 6.07) is 7.30. The van der Waals surface area contributed by atoms with Gasteiger partial charge in [-0.2, -0.15) is 11.8 Å². The van der Waals surface area contributed by atoms with Crippen molar-refractivity contribution in [2.45, 2.75) is 31.9 Å². The van der Waals surface area contributed by atoms with E-state index in [9.17, 15) is 9.90 Å². The summed E-state index contributed by atoms with van der Waals surface area (Å²) in [4.78, 5) is 11.4. The van der Waals surface area contributed by atoms with Crippen LogP contribution in [-0.4, -0.2) is 16.8 Å². The molecule has 2 aromatic rings. The lowest BCUT2D eigenvalue weighted by Gasteiger charge is -2.00. The Morgan fingerprint density at radius 3 is 2.84 bits per heavy atom. The van der Waals surface area contributed by atoms with Crippen LogP contribution in [0, 0.1) is 0 Å². The maximum absolute atomic E-state index is 11.4. The summed E-state index contributed by atoms with van der Waals surface area (Å²) in [5.74, 6) is 1.34. The molecule has 102 valence electrons. The van der Waals surface area contributed by atoms with Gasteiger partial charge in [-0.15, -0.1) is 0 Å². The number of hydrogen-bond acceptors (Lipinski definition) is 3. The number of carboxylic acids is 1. The van der Waals surface area contributed by atoms with Crippen molar-refractivity contribution in [3.05, 3.63) is 35.6 Å². The Bertz CT molecular complexity index is 560. The summed E-state index contributed by atoms with van der Waals surface area (Å²) in [6.07, 6.45) is 3.59. The predicted molar refractivity (Wildman–Crippen MR) is 78.9 cm³/mol. The van der Waals surface area contributed by atoms with Gasteiger partial charge in [0.2, 0.25) is 0 Å². The van der Waals surface area contributed by atoms with E-state index in [0.29, 0.717) is 28.0 Å². The molecule has 0 spiro atoms. The molecule has 0 aliphatic rings. The van der Waals surface area contributed by atoms with Crippen molar-refractivity contribution in [1.29, 1.82) is 0 Å². The molecule has 0 unspecified atom stereocenters. The van der Waals surface area contributed by atoms with Gasteiger partial charge >= 0.3 is 5.97 Å². The molecule has 0 aliphatic carbocycles. The molecule has 1 N–H and O–H groups in total. The summed E-state index contributed by atoms with van der Waals surface area (Å²) in [6.45, 7) is 2.17. The van der Waals surface area contributed by atoms with Crippen molar-refractivity contribution in [1.82, 2.24) is 0 Å². The second kappa shape index (κ2) is 6.66. The Kier molecular flexibility index (Phi) is 4.91. The highest BCUT2D eigenvalue weighted by atomic mass is 32.2. The van der Waals surface area contributed by atoms with Gasteiger partial charge in [0, 0.05) is 5.39 Å². The van der Waals surface area contributed by atoms with Gasteiger partial charge in [0.1, 0.15) is 16.9 Å². The molecule has 0 saturated heterocycles. The minimum Gasteiger partial charge on any atom is -0.478 e. The number of rotatable bonds is 7. The molecule has 3 nitrogen and oxygen atoms in total. The van der Waals surface area contributed by atoms with Crippen LogP contribution in [0.15, 0.2) is 28.7 Å². The first-order valence-corrected chi connectivity index (χ1v) is 7.71. The third kappa shape index (κ3) is 3.32. The van der Waals surface area contributed by atoms with Crippen LogP contribution in [-0.2, 0) is 5.75 Å². The number of aromatic carboxylic acids is 1. The van der Waals surface area contributed by atoms with E-state index < -0.39 is 5.97 Å². The Morgan fingerprint density at radius 2 is 2.11 bits per heavy atom. The first kappa shape index (κ1) is 14.0. The van der Waals surface area contributed by atoms with Gasteiger partial charge in [-0.05, 0) is 18.2 Å². The third-order valence-electron chi connectivity index (χ3n) is 3.01. The maximum Gasteiger partial charge on any atom is 0.339 e. The molecule has 1 aromatic carbocycles. The highest BCUT2D eigenvalue weighted by molar-refractivity contribution is 7.98. The van der Waals surface area contributed by atoms with Crippen LogP contribution in [0.25, 0.3) is 11.0 Å². The second-order valence-corrected chi connectivity index (χ2v) is 5.57. The van der Waals surface area contributed by atoms with E-state index in [-0.39, 0.29) is 0 Å². The van der Waals surface area contributed by atoms with Crippen LogP contribution in [0.2, 0.25) is 0 Å². The number of fused-ring (bicyclic) bond motifs is 1. The molecule has 1 heterocycles. The Morgan fingerprint density at radius 1 is 1.32 bits per heavy atom. The molecular weight excluding hydrogens is 260 g/mol. The van der Waals surface area contributed by atoms with Crippen LogP contribution in [0.4, 0.5) is 0 Å². The average Bonchev–Trinajstić information content (AvgIpc) is 2.76. The lowest BCUT2D eigenvalue weighted by Crippen LogP contribution is -1.98. The summed E-state index contributed by atoms with van der Waals surface area (Å²) < 4.78 is 5.67. The number of benzene rings is 1. The van der Waals surface area contributed by atoms with Crippen molar-refractivity contribution in [2.24, 2.45) is 0 Å². The quantitative estimate of drug-likeness (QED) is 0.755. The lowest BCUT2D eigenvalue weighted by molar-refractivity contribution is 0.0697. The van der Waals surface area contributed by atoms with E-state index in [1.165, 1.54) is 19.3 Å². The molecule has 4 heteroatoms. The smallest absolute Gasteiger partial charge is 0.339 e. The second-order valence-electron chi connectivity index (χ2n) is 4.46. The highest BCUT2D eigenvalue weighted by Gasteiger charge is 2.19. The Hall–Kier alpha value is -1.42. The van der Waals surface area contributed by atoms with Crippen molar-refractivity contribution >= 4 is 28.7 Å². The minimum absolute atomic E-state index is 0.318. The van der Waals surface area contributed by atoms with Gasteiger partial charge in [-0.25, -0.2) is 4.79 Å². The topological polar surface area (TPSA) is 50.4 Å². The monoisotopic (exact) mass is 278 g/mol. The number of thioether (sulfide) groups is 1. The Labute approximate surface area is 117 Å².